The largest absolute Gasteiger partial charge is 0.481 e. The molecular formula is C16H21NO3. The molecule has 0 aliphatic heterocycles. The van der Waals surface area contributed by atoms with Crippen molar-refractivity contribution in [1.82, 2.24) is 4.90 Å². The van der Waals surface area contributed by atoms with Crippen molar-refractivity contribution in [2.45, 2.75) is 38.0 Å². The van der Waals surface area contributed by atoms with E-state index in [1.807, 2.05) is 25.1 Å². The second-order valence-electron chi connectivity index (χ2n) is 5.68. The summed E-state index contributed by atoms with van der Waals surface area (Å²) in [7, 11) is 1.76. The Hall–Kier alpha value is -1.84. The van der Waals surface area contributed by atoms with Gasteiger partial charge in [0.15, 0.2) is 0 Å². The first-order valence-electron chi connectivity index (χ1n) is 7.00. The molecule has 0 spiro atoms. The van der Waals surface area contributed by atoms with Gasteiger partial charge in [-0.15, -0.1) is 0 Å². The topological polar surface area (TPSA) is 57.6 Å². The summed E-state index contributed by atoms with van der Waals surface area (Å²) in [6.45, 7) is 2.53. The third-order valence-electron chi connectivity index (χ3n) is 3.96. The molecule has 2 rings (SSSR count). The first-order chi connectivity index (χ1) is 9.45. The highest BCUT2D eigenvalue weighted by Crippen LogP contribution is 2.49. The van der Waals surface area contributed by atoms with E-state index in [1.54, 1.807) is 11.9 Å². The molecular weight excluding hydrogens is 254 g/mol. The summed E-state index contributed by atoms with van der Waals surface area (Å²) >= 11 is 0. The van der Waals surface area contributed by atoms with Crippen LogP contribution < -0.4 is 0 Å². The summed E-state index contributed by atoms with van der Waals surface area (Å²) in [5.41, 5.74) is 1.90. The molecule has 1 saturated carbocycles. The average molecular weight is 275 g/mol. The Bertz CT molecular complexity index is 520. The van der Waals surface area contributed by atoms with E-state index in [4.69, 9.17) is 5.11 Å². The van der Waals surface area contributed by atoms with Crippen LogP contribution in [-0.4, -0.2) is 35.5 Å². The van der Waals surface area contributed by atoms with E-state index in [0.29, 0.717) is 13.0 Å². The van der Waals surface area contributed by atoms with Gasteiger partial charge in [0.25, 0.3) is 0 Å². The lowest BCUT2D eigenvalue weighted by Crippen LogP contribution is -2.37. The predicted octanol–water partition coefficient (Wildman–Crippen LogP) is 2.35. The van der Waals surface area contributed by atoms with Gasteiger partial charge in [0.2, 0.25) is 5.91 Å². The number of carbonyl (C=O) groups is 2. The minimum atomic E-state index is -0.814. The fourth-order valence-corrected chi connectivity index (χ4v) is 2.63. The maximum absolute atomic E-state index is 12.6. The fourth-order valence-electron chi connectivity index (χ4n) is 2.63. The molecule has 0 atom stereocenters. The van der Waals surface area contributed by atoms with Crippen molar-refractivity contribution in [3.8, 4) is 0 Å². The van der Waals surface area contributed by atoms with Crippen molar-refractivity contribution in [1.29, 1.82) is 0 Å². The molecule has 4 heteroatoms. The first kappa shape index (κ1) is 14.6. The zero-order valence-corrected chi connectivity index (χ0v) is 12.1. The molecule has 1 aromatic rings. The molecule has 20 heavy (non-hydrogen) atoms. The molecule has 1 aliphatic rings. The Morgan fingerprint density at radius 2 is 2.05 bits per heavy atom. The summed E-state index contributed by atoms with van der Waals surface area (Å²) in [6, 6.07) is 8.11. The van der Waals surface area contributed by atoms with Gasteiger partial charge in [-0.25, -0.2) is 0 Å². The van der Waals surface area contributed by atoms with Crippen LogP contribution in [0.3, 0.4) is 0 Å². The fraction of sp³-hybridized carbons (Fsp3) is 0.500. The third kappa shape index (κ3) is 3.00. The quantitative estimate of drug-likeness (QED) is 0.867. The number of carboxylic acids is 1. The molecule has 1 aliphatic carbocycles. The molecule has 1 amide bonds. The number of nitrogens with zero attached hydrogens (tertiary/aromatic N) is 1. The molecule has 0 radical (unpaired) electrons. The van der Waals surface area contributed by atoms with Crippen LogP contribution in [0, 0.1) is 6.92 Å². The summed E-state index contributed by atoms with van der Waals surface area (Å²) in [6.07, 6.45) is 2.38. The maximum atomic E-state index is 12.6. The van der Waals surface area contributed by atoms with E-state index < -0.39 is 5.97 Å². The number of aliphatic carboxylic acids is 1. The average Bonchev–Trinajstić information content (AvgIpc) is 3.18. The standard InChI is InChI=1S/C16H21NO3/c1-12-5-3-6-13(11-12)16(8-9-16)15(20)17(2)10-4-7-14(18)19/h3,5-6,11H,4,7-10H2,1-2H3,(H,18,19). The van der Waals surface area contributed by atoms with Gasteiger partial charge in [-0.05, 0) is 31.7 Å². The molecule has 1 N–H and O–H groups in total. The van der Waals surface area contributed by atoms with E-state index in [2.05, 4.69) is 6.07 Å². The number of amides is 1. The zero-order valence-electron chi connectivity index (χ0n) is 12.1. The molecule has 0 saturated heterocycles. The Morgan fingerprint density at radius 1 is 1.35 bits per heavy atom. The lowest BCUT2D eigenvalue weighted by atomic mass is 9.93. The molecule has 1 aromatic carbocycles. The second kappa shape index (κ2) is 5.65. The van der Waals surface area contributed by atoms with Crippen molar-refractivity contribution in [3.05, 3.63) is 35.4 Å². The van der Waals surface area contributed by atoms with Gasteiger partial charge >= 0.3 is 5.97 Å². The molecule has 4 nitrogen and oxygen atoms in total. The molecule has 0 bridgehead atoms. The summed E-state index contributed by atoms with van der Waals surface area (Å²) in [5, 5.41) is 8.64. The van der Waals surface area contributed by atoms with Crippen LogP contribution in [0.5, 0.6) is 0 Å². The van der Waals surface area contributed by atoms with Gasteiger partial charge in [0.1, 0.15) is 0 Å². The molecule has 0 unspecified atom stereocenters. The summed E-state index contributed by atoms with van der Waals surface area (Å²) in [4.78, 5) is 24.8. The number of hydrogen-bond acceptors (Lipinski definition) is 2. The number of aryl methyl sites for hydroxylation is 1. The van der Waals surface area contributed by atoms with Crippen molar-refractivity contribution >= 4 is 11.9 Å². The number of rotatable bonds is 6. The minimum absolute atomic E-state index is 0.106. The normalized spacial score (nSPS) is 15.7. The predicted molar refractivity (Wildman–Crippen MR) is 76.6 cm³/mol. The Kier molecular flexibility index (Phi) is 4.12. The highest BCUT2D eigenvalue weighted by molar-refractivity contribution is 5.91. The van der Waals surface area contributed by atoms with E-state index in [9.17, 15) is 9.59 Å². The summed E-state index contributed by atoms with van der Waals surface area (Å²) < 4.78 is 0. The monoisotopic (exact) mass is 275 g/mol. The molecule has 1 fully saturated rings. The van der Waals surface area contributed by atoms with Gasteiger partial charge in [0, 0.05) is 20.0 Å². The van der Waals surface area contributed by atoms with E-state index in [1.165, 1.54) is 0 Å². The molecule has 0 aromatic heterocycles. The highest BCUT2D eigenvalue weighted by Gasteiger charge is 2.52. The van der Waals surface area contributed by atoms with Gasteiger partial charge in [-0.2, -0.15) is 0 Å². The second-order valence-corrected chi connectivity index (χ2v) is 5.68. The number of hydrogen-bond donors (Lipinski definition) is 1. The number of likely N-dealkylation sites (N-methyl/N-ethyl adjacent to an activating group) is 1. The Labute approximate surface area is 119 Å². The minimum Gasteiger partial charge on any atom is -0.481 e. The summed E-state index contributed by atoms with van der Waals surface area (Å²) in [5.74, 6) is -0.695. The van der Waals surface area contributed by atoms with Crippen LogP contribution in [0.25, 0.3) is 0 Å². The molecule has 108 valence electrons. The van der Waals surface area contributed by atoms with E-state index in [0.717, 1.165) is 24.0 Å². The van der Waals surface area contributed by atoms with Crippen LogP contribution in [0.2, 0.25) is 0 Å². The highest BCUT2D eigenvalue weighted by atomic mass is 16.4. The molecule has 0 heterocycles. The van der Waals surface area contributed by atoms with Crippen LogP contribution in [0.15, 0.2) is 24.3 Å². The number of carbonyl (C=O) groups excluding carboxylic acids is 1. The number of carboxylic acid groups (broad SMARTS) is 1. The number of benzene rings is 1. The van der Waals surface area contributed by atoms with Crippen LogP contribution in [0.4, 0.5) is 0 Å². The van der Waals surface area contributed by atoms with Crippen molar-refractivity contribution in [2.24, 2.45) is 0 Å². The van der Waals surface area contributed by atoms with Crippen molar-refractivity contribution < 1.29 is 14.7 Å². The lowest BCUT2D eigenvalue weighted by molar-refractivity contribution is -0.138. The van der Waals surface area contributed by atoms with Crippen molar-refractivity contribution in [2.75, 3.05) is 13.6 Å². The Morgan fingerprint density at radius 3 is 2.60 bits per heavy atom. The Balaban J connectivity index is 2.03. The van der Waals surface area contributed by atoms with Gasteiger partial charge in [-0.3, -0.25) is 9.59 Å². The zero-order chi connectivity index (χ0) is 14.8. The first-order valence-corrected chi connectivity index (χ1v) is 7.00. The third-order valence-corrected chi connectivity index (χ3v) is 3.96. The van der Waals surface area contributed by atoms with E-state index >= 15 is 0 Å². The van der Waals surface area contributed by atoms with Gasteiger partial charge in [-0.1, -0.05) is 29.8 Å². The lowest BCUT2D eigenvalue weighted by Gasteiger charge is -2.24. The van der Waals surface area contributed by atoms with Gasteiger partial charge < -0.3 is 10.0 Å². The van der Waals surface area contributed by atoms with Gasteiger partial charge in [0.05, 0.1) is 5.41 Å². The SMILES string of the molecule is Cc1cccc(C2(C(=O)N(C)CCCC(=O)O)CC2)c1. The van der Waals surface area contributed by atoms with Crippen LogP contribution >= 0.6 is 0 Å². The van der Waals surface area contributed by atoms with E-state index in [-0.39, 0.29) is 17.7 Å². The van der Waals surface area contributed by atoms with Crippen LogP contribution in [-0.2, 0) is 15.0 Å². The van der Waals surface area contributed by atoms with Crippen molar-refractivity contribution in [3.63, 3.8) is 0 Å². The smallest absolute Gasteiger partial charge is 0.303 e. The maximum Gasteiger partial charge on any atom is 0.303 e. The van der Waals surface area contributed by atoms with Crippen LogP contribution in [0.1, 0.15) is 36.8 Å².